The summed E-state index contributed by atoms with van der Waals surface area (Å²) >= 11 is 0. The van der Waals surface area contributed by atoms with Crippen molar-refractivity contribution in [2.45, 2.75) is 31.9 Å². The van der Waals surface area contributed by atoms with E-state index < -0.39 is 24.3 Å². The Labute approximate surface area is 192 Å². The molecule has 0 spiro atoms. The molecule has 0 aliphatic heterocycles. The molecule has 0 aliphatic rings. The van der Waals surface area contributed by atoms with Gasteiger partial charge in [0.15, 0.2) is 6.23 Å². The Morgan fingerprint density at radius 2 is 1.24 bits per heavy atom. The first-order valence-electron chi connectivity index (χ1n) is 10.5. The Morgan fingerprint density at radius 3 is 1.79 bits per heavy atom. The van der Waals surface area contributed by atoms with E-state index in [4.69, 9.17) is 9.47 Å². The molecule has 33 heavy (non-hydrogen) atoms. The molecule has 0 heterocycles. The lowest BCUT2D eigenvalue weighted by Gasteiger charge is -2.21. The minimum Gasteiger partial charge on any atom is -0.445 e. The van der Waals surface area contributed by atoms with E-state index >= 15 is 0 Å². The highest BCUT2D eigenvalue weighted by molar-refractivity contribution is 5.87. The molecule has 169 valence electrons. The summed E-state index contributed by atoms with van der Waals surface area (Å²) < 4.78 is 10.7. The number of amides is 2. The van der Waals surface area contributed by atoms with Crippen molar-refractivity contribution in [3.63, 3.8) is 0 Å². The Morgan fingerprint density at radius 1 is 0.727 bits per heavy atom. The molecule has 0 bridgehead atoms. The fourth-order valence-corrected chi connectivity index (χ4v) is 3.05. The average Bonchev–Trinajstić information content (AvgIpc) is 2.86. The van der Waals surface area contributed by atoms with Gasteiger partial charge >= 0.3 is 6.09 Å². The Bertz CT molecular complexity index is 1010. The molecular weight excluding hydrogens is 420 g/mol. The first-order chi connectivity index (χ1) is 16.1. The number of ether oxygens (including phenoxy) is 2. The van der Waals surface area contributed by atoms with Crippen molar-refractivity contribution in [1.82, 2.24) is 10.6 Å². The van der Waals surface area contributed by atoms with Crippen LogP contribution in [0.1, 0.15) is 16.7 Å². The maximum Gasteiger partial charge on any atom is 0.408 e. The van der Waals surface area contributed by atoms with Gasteiger partial charge in [-0.1, -0.05) is 91.0 Å². The van der Waals surface area contributed by atoms with E-state index in [0.717, 1.165) is 16.7 Å². The normalized spacial score (nSPS) is 12.2. The van der Waals surface area contributed by atoms with E-state index in [-0.39, 0.29) is 19.6 Å². The maximum absolute atomic E-state index is 12.9. The van der Waals surface area contributed by atoms with Crippen LogP contribution in [-0.2, 0) is 38.7 Å². The van der Waals surface area contributed by atoms with Crippen molar-refractivity contribution in [3.05, 3.63) is 108 Å². The smallest absolute Gasteiger partial charge is 0.408 e. The van der Waals surface area contributed by atoms with Crippen LogP contribution in [0.2, 0.25) is 0 Å². The number of carbonyl (C=O) groups is 2. The van der Waals surface area contributed by atoms with Crippen LogP contribution in [0.5, 0.6) is 0 Å². The van der Waals surface area contributed by atoms with Crippen molar-refractivity contribution in [1.29, 1.82) is 0 Å². The van der Waals surface area contributed by atoms with Crippen molar-refractivity contribution in [2.75, 3.05) is 0 Å². The summed E-state index contributed by atoms with van der Waals surface area (Å²) in [5.41, 5.74) is 2.50. The van der Waals surface area contributed by atoms with Crippen LogP contribution in [-0.4, -0.2) is 30.6 Å². The quantitative estimate of drug-likeness (QED) is 0.442. The van der Waals surface area contributed by atoms with Crippen molar-refractivity contribution in [2.24, 2.45) is 0 Å². The molecule has 0 fully saturated rings. The second-order valence-electron chi connectivity index (χ2n) is 7.25. The third-order valence-electron chi connectivity index (χ3n) is 4.74. The summed E-state index contributed by atoms with van der Waals surface area (Å²) in [6.45, 7) is 0.189. The lowest BCUT2D eigenvalue weighted by Crippen LogP contribution is -2.51. The third kappa shape index (κ3) is 8.23. The van der Waals surface area contributed by atoms with Gasteiger partial charge in [-0.2, -0.15) is 0 Å². The minimum atomic E-state index is -1.28. The van der Waals surface area contributed by atoms with Crippen LogP contribution in [0.4, 0.5) is 4.79 Å². The molecule has 2 amide bonds. The fourth-order valence-electron chi connectivity index (χ4n) is 3.05. The van der Waals surface area contributed by atoms with Crippen LogP contribution in [0.25, 0.3) is 0 Å². The van der Waals surface area contributed by atoms with Gasteiger partial charge in [0.1, 0.15) is 12.6 Å². The number of carbonyl (C=O) groups excluding carboxylic acids is 3. The largest absolute Gasteiger partial charge is 0.445 e. The zero-order valence-corrected chi connectivity index (χ0v) is 18.0. The lowest BCUT2D eigenvalue weighted by molar-refractivity contribution is -0.126. The van der Waals surface area contributed by atoms with E-state index in [2.05, 4.69) is 10.6 Å². The zero-order chi connectivity index (χ0) is 23.3. The molecule has 0 saturated carbocycles. The Kier molecular flexibility index (Phi) is 9.17. The second-order valence-corrected chi connectivity index (χ2v) is 7.25. The summed E-state index contributed by atoms with van der Waals surface area (Å²) in [6, 6.07) is 26.7. The van der Waals surface area contributed by atoms with E-state index in [1.165, 1.54) is 0 Å². The SMILES string of the molecule is O=[C]C(NC(=O)[C@H](Cc1ccccc1)NC(=O)OCc1ccccc1)OCc1ccccc1. The number of hydrogen-bond acceptors (Lipinski definition) is 5. The van der Waals surface area contributed by atoms with Crippen LogP contribution >= 0.6 is 0 Å². The molecule has 0 aromatic heterocycles. The van der Waals surface area contributed by atoms with E-state index in [1.54, 1.807) is 6.29 Å². The molecular formula is C26H25N2O5. The number of alkyl carbamates (subject to hydrolysis) is 1. The first-order valence-corrected chi connectivity index (χ1v) is 10.5. The molecule has 3 rings (SSSR count). The van der Waals surface area contributed by atoms with E-state index in [0.29, 0.717) is 0 Å². The third-order valence-corrected chi connectivity index (χ3v) is 4.74. The summed E-state index contributed by atoms with van der Waals surface area (Å²) in [6.07, 6.45) is -0.144. The summed E-state index contributed by atoms with van der Waals surface area (Å²) in [7, 11) is 0. The van der Waals surface area contributed by atoms with E-state index in [9.17, 15) is 14.4 Å². The molecule has 1 radical (unpaired) electrons. The first kappa shape index (κ1) is 23.7. The molecule has 2 atom stereocenters. The van der Waals surface area contributed by atoms with Gasteiger partial charge in [0.25, 0.3) is 6.29 Å². The molecule has 0 aliphatic carbocycles. The van der Waals surface area contributed by atoms with Gasteiger partial charge in [0.05, 0.1) is 6.61 Å². The van der Waals surface area contributed by atoms with Gasteiger partial charge in [0.2, 0.25) is 5.91 Å². The summed E-state index contributed by atoms with van der Waals surface area (Å²) in [4.78, 5) is 36.6. The zero-order valence-electron chi connectivity index (χ0n) is 18.0. The highest BCUT2D eigenvalue weighted by Crippen LogP contribution is 2.07. The standard InChI is InChI=1S/C26H25N2O5/c29-17-24(32-18-21-12-6-2-7-13-21)28-25(30)23(16-20-10-4-1-5-11-20)27-26(31)33-19-22-14-8-3-9-15-22/h1-15,23-24H,16,18-19H2,(H,27,31)(H,28,30)/t23-,24?/m0/s1. The molecule has 7 nitrogen and oxygen atoms in total. The van der Waals surface area contributed by atoms with Crippen LogP contribution in [0.3, 0.4) is 0 Å². The molecule has 1 unspecified atom stereocenters. The number of benzene rings is 3. The van der Waals surface area contributed by atoms with Gasteiger partial charge < -0.3 is 20.1 Å². The predicted octanol–water partition coefficient (Wildman–Crippen LogP) is 3.29. The van der Waals surface area contributed by atoms with Gasteiger partial charge in [-0.15, -0.1) is 0 Å². The van der Waals surface area contributed by atoms with Gasteiger partial charge in [-0.05, 0) is 16.7 Å². The van der Waals surface area contributed by atoms with Crippen molar-refractivity contribution >= 4 is 18.3 Å². The van der Waals surface area contributed by atoms with Crippen molar-refractivity contribution in [3.8, 4) is 0 Å². The molecule has 7 heteroatoms. The molecule has 0 saturated heterocycles. The topological polar surface area (TPSA) is 93.7 Å². The maximum atomic E-state index is 12.9. The average molecular weight is 445 g/mol. The second kappa shape index (κ2) is 12.8. The molecule has 3 aromatic rings. The van der Waals surface area contributed by atoms with Gasteiger partial charge in [-0.25, -0.2) is 4.79 Å². The fraction of sp³-hybridized carbons (Fsp3) is 0.192. The van der Waals surface area contributed by atoms with Gasteiger partial charge in [-0.3, -0.25) is 9.59 Å². The Hall–Kier alpha value is -3.97. The summed E-state index contributed by atoms with van der Waals surface area (Å²) in [5.74, 6) is -0.586. The number of rotatable bonds is 11. The summed E-state index contributed by atoms with van der Waals surface area (Å²) in [5, 5.41) is 5.06. The van der Waals surface area contributed by atoms with E-state index in [1.807, 2.05) is 91.0 Å². The van der Waals surface area contributed by atoms with Crippen LogP contribution in [0, 0.1) is 0 Å². The number of nitrogens with one attached hydrogen (secondary N) is 2. The van der Waals surface area contributed by atoms with Crippen LogP contribution < -0.4 is 10.6 Å². The Balaban J connectivity index is 1.60. The molecule has 3 aromatic carbocycles. The molecule has 2 N–H and O–H groups in total. The van der Waals surface area contributed by atoms with Gasteiger partial charge in [0, 0.05) is 6.42 Å². The highest BCUT2D eigenvalue weighted by atomic mass is 16.5. The monoisotopic (exact) mass is 445 g/mol. The minimum absolute atomic E-state index is 0.0667. The van der Waals surface area contributed by atoms with Crippen molar-refractivity contribution < 1.29 is 23.9 Å². The predicted molar refractivity (Wildman–Crippen MR) is 123 cm³/mol. The number of hydrogen-bond donors (Lipinski definition) is 2. The van der Waals surface area contributed by atoms with Crippen LogP contribution in [0.15, 0.2) is 91.0 Å². The highest BCUT2D eigenvalue weighted by Gasteiger charge is 2.25. The lowest BCUT2D eigenvalue weighted by atomic mass is 10.1.